The van der Waals surface area contributed by atoms with Gasteiger partial charge in [-0.2, -0.15) is 0 Å². The third-order valence-electron chi connectivity index (χ3n) is 3.72. The molecule has 1 aromatic heterocycles. The smallest absolute Gasteiger partial charge is 0.169 e. The summed E-state index contributed by atoms with van der Waals surface area (Å²) >= 11 is 3.33. The fourth-order valence-electron chi connectivity index (χ4n) is 2.65. The Balaban J connectivity index is 1.75. The van der Waals surface area contributed by atoms with Crippen molar-refractivity contribution in [2.24, 2.45) is 5.92 Å². The summed E-state index contributed by atoms with van der Waals surface area (Å²) in [6.07, 6.45) is 0. The number of hydrogen-bond acceptors (Lipinski definition) is 4. The highest BCUT2D eigenvalue weighted by atomic mass is 79.9. The first-order chi connectivity index (χ1) is 10.6. The minimum atomic E-state index is 0.222. The van der Waals surface area contributed by atoms with E-state index in [0.717, 1.165) is 21.9 Å². The summed E-state index contributed by atoms with van der Waals surface area (Å²) in [7, 11) is 0. The molecule has 1 atom stereocenters. The maximum absolute atomic E-state index is 5.68. The average molecular weight is 366 g/mol. The van der Waals surface area contributed by atoms with Gasteiger partial charge in [0.1, 0.15) is 19.0 Å². The lowest BCUT2D eigenvalue weighted by Gasteiger charge is -2.25. The molecular weight excluding hydrogens is 346 g/mol. The van der Waals surface area contributed by atoms with Crippen LogP contribution in [0.2, 0.25) is 0 Å². The maximum Gasteiger partial charge on any atom is 0.169 e. The maximum atomic E-state index is 5.68. The summed E-state index contributed by atoms with van der Waals surface area (Å²) in [5.74, 6) is 3.01. The molecule has 2 aromatic rings. The van der Waals surface area contributed by atoms with Gasteiger partial charge in [-0.05, 0) is 51.7 Å². The van der Waals surface area contributed by atoms with Gasteiger partial charge in [0.05, 0.1) is 6.54 Å². The molecule has 0 radical (unpaired) electrons. The molecule has 1 N–H and O–H groups in total. The number of fused-ring (bicyclic) bond motifs is 1. The third-order valence-corrected chi connectivity index (χ3v) is 4.14. The molecule has 1 unspecified atom stereocenters. The number of rotatable bonds is 5. The monoisotopic (exact) mass is 365 g/mol. The second-order valence-electron chi connectivity index (χ2n) is 5.71. The van der Waals surface area contributed by atoms with Crippen LogP contribution in [0.3, 0.4) is 0 Å². The number of ether oxygens (including phenoxy) is 2. The minimum Gasteiger partial charge on any atom is -0.486 e. The van der Waals surface area contributed by atoms with Crippen molar-refractivity contribution in [2.45, 2.75) is 26.4 Å². The molecule has 22 heavy (non-hydrogen) atoms. The van der Waals surface area contributed by atoms with Crippen LogP contribution >= 0.6 is 15.9 Å². The molecule has 0 bridgehead atoms. The first kappa shape index (κ1) is 15.4. The summed E-state index contributed by atoms with van der Waals surface area (Å²) < 4.78 is 17.6. The number of furan rings is 1. The van der Waals surface area contributed by atoms with Crippen molar-refractivity contribution in [1.29, 1.82) is 0 Å². The quantitative estimate of drug-likeness (QED) is 0.857. The van der Waals surface area contributed by atoms with Gasteiger partial charge in [-0.3, -0.25) is 0 Å². The largest absolute Gasteiger partial charge is 0.486 e. The van der Waals surface area contributed by atoms with E-state index in [4.69, 9.17) is 13.9 Å². The lowest BCUT2D eigenvalue weighted by molar-refractivity contribution is 0.171. The highest BCUT2D eigenvalue weighted by Gasteiger charge is 2.19. The number of halogens is 1. The van der Waals surface area contributed by atoms with Crippen LogP contribution in [0.15, 0.2) is 39.4 Å². The molecule has 0 saturated carbocycles. The Hall–Kier alpha value is -1.46. The van der Waals surface area contributed by atoms with Crippen molar-refractivity contribution in [1.82, 2.24) is 5.32 Å². The van der Waals surface area contributed by atoms with Gasteiger partial charge in [-0.15, -0.1) is 0 Å². The molecule has 0 fully saturated rings. The highest BCUT2D eigenvalue weighted by Crippen LogP contribution is 2.34. The Morgan fingerprint density at radius 2 is 1.86 bits per heavy atom. The van der Waals surface area contributed by atoms with Crippen LogP contribution in [0.1, 0.15) is 31.2 Å². The van der Waals surface area contributed by atoms with Crippen LogP contribution in [0.4, 0.5) is 0 Å². The molecule has 4 nitrogen and oxygen atoms in total. The molecule has 0 saturated heterocycles. The Bertz CT molecular complexity index is 639. The van der Waals surface area contributed by atoms with Crippen molar-refractivity contribution in [2.75, 3.05) is 13.2 Å². The van der Waals surface area contributed by atoms with E-state index < -0.39 is 0 Å². The van der Waals surface area contributed by atoms with E-state index in [1.54, 1.807) is 0 Å². The van der Waals surface area contributed by atoms with Gasteiger partial charge in [-0.1, -0.05) is 19.9 Å². The van der Waals surface area contributed by atoms with Gasteiger partial charge in [0.2, 0.25) is 0 Å². The first-order valence-electron chi connectivity index (χ1n) is 7.50. The molecule has 3 rings (SSSR count). The van der Waals surface area contributed by atoms with Crippen molar-refractivity contribution >= 4 is 15.9 Å². The van der Waals surface area contributed by atoms with E-state index in [9.17, 15) is 0 Å². The fraction of sp³-hybridized carbons (Fsp3) is 0.412. The van der Waals surface area contributed by atoms with E-state index in [2.05, 4.69) is 47.2 Å². The number of hydrogen-bond donors (Lipinski definition) is 1. The van der Waals surface area contributed by atoms with Crippen LogP contribution < -0.4 is 14.8 Å². The molecule has 118 valence electrons. The fourth-order valence-corrected chi connectivity index (χ4v) is 2.99. The van der Waals surface area contributed by atoms with Crippen molar-refractivity contribution in [3.8, 4) is 11.5 Å². The normalized spacial score (nSPS) is 15.1. The predicted octanol–water partition coefficient (Wildman–Crippen LogP) is 4.30. The molecular formula is C17H20BrNO3. The lowest BCUT2D eigenvalue weighted by Crippen LogP contribution is -2.25. The Morgan fingerprint density at radius 1 is 1.09 bits per heavy atom. The topological polar surface area (TPSA) is 43.6 Å². The summed E-state index contributed by atoms with van der Waals surface area (Å²) in [4.78, 5) is 0. The molecule has 1 aliphatic heterocycles. The van der Waals surface area contributed by atoms with Gasteiger partial charge in [0.25, 0.3) is 0 Å². The Kier molecular flexibility index (Phi) is 4.74. The molecule has 2 heterocycles. The van der Waals surface area contributed by atoms with Crippen LogP contribution in [0.5, 0.6) is 11.5 Å². The summed E-state index contributed by atoms with van der Waals surface area (Å²) in [5, 5.41) is 3.56. The lowest BCUT2D eigenvalue weighted by atomic mass is 9.95. The van der Waals surface area contributed by atoms with Gasteiger partial charge in [-0.25, -0.2) is 0 Å². The number of nitrogens with one attached hydrogen (secondary N) is 1. The molecule has 0 spiro atoms. The average Bonchev–Trinajstić information content (AvgIpc) is 2.92. The Labute approximate surface area is 138 Å². The minimum absolute atomic E-state index is 0.222. The van der Waals surface area contributed by atoms with E-state index in [1.165, 1.54) is 5.56 Å². The van der Waals surface area contributed by atoms with E-state index in [0.29, 0.717) is 25.7 Å². The van der Waals surface area contributed by atoms with E-state index >= 15 is 0 Å². The molecule has 1 aliphatic rings. The summed E-state index contributed by atoms with van der Waals surface area (Å²) in [5.41, 5.74) is 1.20. The SMILES string of the molecule is CC(C)C(NCc1ccc(Br)o1)c1ccc2c(c1)OCCO2. The standard InChI is InChI=1S/C17H20BrNO3/c1-11(2)17(19-10-13-4-6-16(18)22-13)12-3-5-14-15(9-12)21-8-7-20-14/h3-6,9,11,17,19H,7-8,10H2,1-2H3. The molecule has 5 heteroatoms. The zero-order chi connectivity index (χ0) is 15.5. The van der Waals surface area contributed by atoms with Gasteiger partial charge in [0, 0.05) is 6.04 Å². The van der Waals surface area contributed by atoms with E-state index in [-0.39, 0.29) is 6.04 Å². The van der Waals surface area contributed by atoms with Crippen molar-refractivity contribution in [3.05, 3.63) is 46.3 Å². The second kappa shape index (κ2) is 6.75. The van der Waals surface area contributed by atoms with Crippen LogP contribution in [0.25, 0.3) is 0 Å². The zero-order valence-corrected chi connectivity index (χ0v) is 14.4. The summed E-state index contributed by atoms with van der Waals surface area (Å²) in [6, 6.07) is 10.3. The predicted molar refractivity (Wildman–Crippen MR) is 88.3 cm³/mol. The van der Waals surface area contributed by atoms with Crippen LogP contribution in [-0.2, 0) is 6.54 Å². The summed E-state index contributed by atoms with van der Waals surface area (Å²) in [6.45, 7) is 6.31. The third kappa shape index (κ3) is 3.47. The van der Waals surface area contributed by atoms with Gasteiger partial charge in [0.15, 0.2) is 16.2 Å². The van der Waals surface area contributed by atoms with Crippen molar-refractivity contribution in [3.63, 3.8) is 0 Å². The Morgan fingerprint density at radius 3 is 2.55 bits per heavy atom. The van der Waals surface area contributed by atoms with Crippen LogP contribution in [-0.4, -0.2) is 13.2 Å². The zero-order valence-electron chi connectivity index (χ0n) is 12.8. The van der Waals surface area contributed by atoms with Gasteiger partial charge < -0.3 is 19.2 Å². The van der Waals surface area contributed by atoms with Gasteiger partial charge >= 0.3 is 0 Å². The molecule has 1 aromatic carbocycles. The second-order valence-corrected chi connectivity index (χ2v) is 6.49. The molecule has 0 amide bonds. The molecule has 0 aliphatic carbocycles. The first-order valence-corrected chi connectivity index (χ1v) is 8.30. The van der Waals surface area contributed by atoms with Crippen LogP contribution in [0, 0.1) is 5.92 Å². The van der Waals surface area contributed by atoms with Crippen molar-refractivity contribution < 1.29 is 13.9 Å². The van der Waals surface area contributed by atoms with E-state index in [1.807, 2.05) is 18.2 Å². The number of benzene rings is 1. The highest BCUT2D eigenvalue weighted by molar-refractivity contribution is 9.10.